The summed E-state index contributed by atoms with van der Waals surface area (Å²) in [7, 11) is 0. The van der Waals surface area contributed by atoms with E-state index >= 15 is 0 Å². The van der Waals surface area contributed by atoms with Crippen molar-refractivity contribution in [1.29, 1.82) is 5.26 Å². The van der Waals surface area contributed by atoms with Crippen LogP contribution in [-0.4, -0.2) is 33.1 Å². The van der Waals surface area contributed by atoms with Gasteiger partial charge in [0.25, 0.3) is 0 Å². The number of carbonyl (C=O) groups is 2. The summed E-state index contributed by atoms with van der Waals surface area (Å²) in [5.41, 5.74) is 2.27. The van der Waals surface area contributed by atoms with Gasteiger partial charge in [-0.25, -0.2) is 14.5 Å². The molecule has 4 rings (SSSR count). The summed E-state index contributed by atoms with van der Waals surface area (Å²) in [6.07, 6.45) is 0. The zero-order valence-corrected chi connectivity index (χ0v) is 18.8. The van der Waals surface area contributed by atoms with Crippen molar-refractivity contribution in [3.8, 4) is 11.8 Å². The third-order valence-corrected chi connectivity index (χ3v) is 6.83. The van der Waals surface area contributed by atoms with Crippen molar-refractivity contribution < 1.29 is 14.3 Å². The van der Waals surface area contributed by atoms with Crippen LogP contribution in [0, 0.1) is 25.2 Å². The lowest BCUT2D eigenvalue weighted by Gasteiger charge is -2.06. The smallest absolute Gasteiger partial charge is 0.348 e. The molecule has 156 valence electrons. The molecule has 0 aliphatic rings. The molecule has 0 fully saturated rings. The molecule has 0 bridgehead atoms. The Labute approximate surface area is 190 Å². The normalized spacial score (nSPS) is 11.9. The number of thiophene rings is 1. The molecule has 0 amide bonds. The van der Waals surface area contributed by atoms with E-state index in [2.05, 4.69) is 10.1 Å². The van der Waals surface area contributed by atoms with Crippen LogP contribution in [0.1, 0.15) is 32.0 Å². The molecule has 0 radical (unpaired) electrons. The predicted molar refractivity (Wildman–Crippen MR) is 119 cm³/mol. The molecule has 3 heterocycles. The summed E-state index contributed by atoms with van der Waals surface area (Å²) < 4.78 is 6.92. The summed E-state index contributed by atoms with van der Waals surface area (Å²) in [6, 6.07) is 10.9. The number of hydrogen-bond donors (Lipinski definition) is 0. The van der Waals surface area contributed by atoms with E-state index in [1.165, 1.54) is 22.7 Å². The molecule has 0 unspecified atom stereocenters. The van der Waals surface area contributed by atoms with Crippen LogP contribution in [0.5, 0.6) is 0 Å². The first-order chi connectivity index (χ1) is 14.9. The number of benzene rings is 1. The van der Waals surface area contributed by atoms with Crippen molar-refractivity contribution >= 4 is 56.2 Å². The monoisotopic (exact) mass is 470 g/mol. The number of thiazole rings is 1. The third kappa shape index (κ3) is 4.23. The molecule has 1 aromatic carbocycles. The van der Waals surface area contributed by atoms with Gasteiger partial charge in [0.15, 0.2) is 18.3 Å². The number of Topliss-reactive ketones (excluding diaryl/α,β-unsaturated/α-hetero) is 1. The highest BCUT2D eigenvalue weighted by Gasteiger charge is 2.25. The van der Waals surface area contributed by atoms with Crippen molar-refractivity contribution in [2.75, 3.05) is 6.61 Å². The van der Waals surface area contributed by atoms with Crippen molar-refractivity contribution in [3.63, 3.8) is 0 Å². The Balaban J connectivity index is 1.53. The van der Waals surface area contributed by atoms with Gasteiger partial charge in [0.2, 0.25) is 0 Å². The van der Waals surface area contributed by atoms with E-state index in [-0.39, 0.29) is 0 Å². The Kier molecular flexibility index (Phi) is 5.87. The molecule has 0 aliphatic carbocycles. The molecule has 4 aromatic rings. The van der Waals surface area contributed by atoms with Crippen molar-refractivity contribution in [1.82, 2.24) is 14.8 Å². The standard InChI is InChI=1S/C21H15ClN4O3S2/c1-11-10-30-19(24-11)16(8-23)17(27)9-29-21(28)18-7-15-12(2)25-26(20(15)31-18)14-5-3-4-13(22)6-14/h3-7,10,16H,9H2,1-2H3/t16-/m0/s1. The molecular weight excluding hydrogens is 456 g/mol. The molecule has 1 atom stereocenters. The van der Waals surface area contributed by atoms with Gasteiger partial charge in [-0.15, -0.1) is 22.7 Å². The van der Waals surface area contributed by atoms with Gasteiger partial charge in [-0.2, -0.15) is 10.4 Å². The van der Waals surface area contributed by atoms with E-state index in [0.717, 1.165) is 27.3 Å². The highest BCUT2D eigenvalue weighted by atomic mass is 35.5. The Hall–Kier alpha value is -3.06. The lowest BCUT2D eigenvalue weighted by Crippen LogP contribution is -2.19. The average molecular weight is 471 g/mol. The van der Waals surface area contributed by atoms with Crippen LogP contribution in [0.3, 0.4) is 0 Å². The predicted octanol–water partition coefficient (Wildman–Crippen LogP) is 4.85. The third-order valence-electron chi connectivity index (χ3n) is 4.48. The lowest BCUT2D eigenvalue weighted by atomic mass is 10.1. The molecule has 10 heteroatoms. The number of rotatable bonds is 6. The van der Waals surface area contributed by atoms with E-state index in [9.17, 15) is 14.9 Å². The average Bonchev–Trinajstić information content (AvgIpc) is 3.44. The van der Waals surface area contributed by atoms with Crippen LogP contribution >= 0.6 is 34.3 Å². The van der Waals surface area contributed by atoms with Crippen LogP contribution in [-0.2, 0) is 9.53 Å². The van der Waals surface area contributed by atoms with Gasteiger partial charge in [0.05, 0.1) is 17.5 Å². The molecule has 0 N–H and O–H groups in total. The highest BCUT2D eigenvalue weighted by molar-refractivity contribution is 7.20. The van der Waals surface area contributed by atoms with E-state index in [0.29, 0.717) is 14.9 Å². The van der Waals surface area contributed by atoms with E-state index in [4.69, 9.17) is 16.3 Å². The summed E-state index contributed by atoms with van der Waals surface area (Å²) >= 11 is 8.54. The van der Waals surface area contributed by atoms with Gasteiger partial charge < -0.3 is 4.74 Å². The van der Waals surface area contributed by atoms with Crippen molar-refractivity contribution in [2.45, 2.75) is 19.8 Å². The number of nitrogens with zero attached hydrogens (tertiary/aromatic N) is 4. The fourth-order valence-corrected chi connectivity index (χ4v) is 5.11. The van der Waals surface area contributed by atoms with Gasteiger partial charge in [-0.3, -0.25) is 4.79 Å². The van der Waals surface area contributed by atoms with Crippen LogP contribution in [0.15, 0.2) is 35.7 Å². The number of carbonyl (C=O) groups excluding carboxylic acids is 2. The van der Waals surface area contributed by atoms with Crippen LogP contribution in [0.4, 0.5) is 0 Å². The second-order valence-corrected chi connectivity index (χ2v) is 9.10. The topological polar surface area (TPSA) is 97.9 Å². The second kappa shape index (κ2) is 8.59. The molecule has 3 aromatic heterocycles. The minimum absolute atomic E-state index is 0.345. The van der Waals surface area contributed by atoms with E-state index < -0.39 is 24.3 Å². The summed E-state index contributed by atoms with van der Waals surface area (Å²) in [4.78, 5) is 30.3. The number of halogens is 1. The van der Waals surface area contributed by atoms with Gasteiger partial charge in [0.1, 0.15) is 14.7 Å². The van der Waals surface area contributed by atoms with Gasteiger partial charge >= 0.3 is 5.97 Å². The quantitative estimate of drug-likeness (QED) is 0.374. The highest BCUT2D eigenvalue weighted by Crippen LogP contribution is 2.31. The van der Waals surface area contributed by atoms with Crippen molar-refractivity contribution in [3.05, 3.63) is 62.0 Å². The lowest BCUT2D eigenvalue weighted by molar-refractivity contribution is -0.122. The largest absolute Gasteiger partial charge is 0.453 e. The van der Waals surface area contributed by atoms with Gasteiger partial charge in [0, 0.05) is 21.5 Å². The maximum atomic E-state index is 12.6. The zero-order chi connectivity index (χ0) is 22.1. The summed E-state index contributed by atoms with van der Waals surface area (Å²) in [5, 5.41) is 17.4. The zero-order valence-electron chi connectivity index (χ0n) is 16.5. The van der Waals surface area contributed by atoms with E-state index in [1.54, 1.807) is 35.2 Å². The van der Waals surface area contributed by atoms with Gasteiger partial charge in [-0.1, -0.05) is 17.7 Å². The molecule has 7 nitrogen and oxygen atoms in total. The number of nitriles is 1. The van der Waals surface area contributed by atoms with Crippen LogP contribution in [0.2, 0.25) is 5.02 Å². The summed E-state index contributed by atoms with van der Waals surface area (Å²) in [5.74, 6) is -2.18. The number of esters is 1. The fourth-order valence-electron chi connectivity index (χ4n) is 2.99. The first kappa shape index (κ1) is 21.2. The van der Waals surface area contributed by atoms with Crippen molar-refractivity contribution in [2.24, 2.45) is 0 Å². The number of aryl methyl sites for hydroxylation is 2. The Morgan fingerprint density at radius 2 is 2.13 bits per heavy atom. The molecular formula is C21H15ClN4O3S2. The first-order valence-electron chi connectivity index (χ1n) is 9.14. The number of fused-ring (bicyclic) bond motifs is 1. The molecule has 0 saturated heterocycles. The number of hydrogen-bond acceptors (Lipinski definition) is 8. The molecule has 0 spiro atoms. The van der Waals surface area contributed by atoms with Crippen LogP contribution in [0.25, 0.3) is 15.9 Å². The first-order valence-corrected chi connectivity index (χ1v) is 11.2. The Morgan fingerprint density at radius 3 is 2.81 bits per heavy atom. The minimum Gasteiger partial charge on any atom is -0.453 e. The number of ether oxygens (including phenoxy) is 1. The van der Waals surface area contributed by atoms with Gasteiger partial charge in [-0.05, 0) is 38.1 Å². The van der Waals surface area contributed by atoms with Crippen LogP contribution < -0.4 is 0 Å². The maximum absolute atomic E-state index is 12.6. The molecule has 31 heavy (non-hydrogen) atoms. The molecule has 0 saturated carbocycles. The Morgan fingerprint density at radius 1 is 1.32 bits per heavy atom. The number of ketones is 1. The van der Waals surface area contributed by atoms with E-state index in [1.807, 2.05) is 25.1 Å². The fraction of sp³-hybridized carbons (Fsp3) is 0.190. The number of aromatic nitrogens is 3. The Bertz CT molecular complexity index is 1350. The molecule has 0 aliphatic heterocycles. The second-order valence-electron chi connectivity index (χ2n) is 6.74. The minimum atomic E-state index is -1.05. The SMILES string of the molecule is Cc1csc([C@@H](C#N)C(=O)COC(=O)c2cc3c(C)nn(-c4cccc(Cl)c4)c3s2)n1. The maximum Gasteiger partial charge on any atom is 0.348 e. The summed E-state index contributed by atoms with van der Waals surface area (Å²) in [6.45, 7) is 3.14.